The molecule has 140 valence electrons. The molecule has 3 aromatic rings. The van der Waals surface area contributed by atoms with Crippen LogP contribution in [0.2, 0.25) is 0 Å². The van der Waals surface area contributed by atoms with Crippen LogP contribution in [0.3, 0.4) is 0 Å². The van der Waals surface area contributed by atoms with E-state index in [1.807, 2.05) is 6.07 Å². The topological polar surface area (TPSA) is 98.9 Å². The average Bonchev–Trinajstić information content (AvgIpc) is 2.67. The molecule has 0 bridgehead atoms. The molecule has 0 spiro atoms. The van der Waals surface area contributed by atoms with Crippen molar-refractivity contribution in [3.8, 4) is 17.3 Å². The van der Waals surface area contributed by atoms with Crippen LogP contribution in [0.5, 0.6) is 0 Å². The minimum atomic E-state index is -4.66. The van der Waals surface area contributed by atoms with Gasteiger partial charge in [0.25, 0.3) is 0 Å². The molecule has 0 aliphatic rings. The van der Waals surface area contributed by atoms with Crippen LogP contribution in [0.4, 0.5) is 24.8 Å². The van der Waals surface area contributed by atoms with Crippen molar-refractivity contribution >= 4 is 17.6 Å². The normalized spacial score (nSPS) is 10.9. The lowest BCUT2D eigenvalue weighted by atomic mass is 10.1. The molecule has 0 aliphatic carbocycles. The lowest BCUT2D eigenvalue weighted by Crippen LogP contribution is -2.11. The largest absolute Gasteiger partial charge is 0.478 e. The zero-order chi connectivity index (χ0) is 20.3. The molecule has 0 atom stereocenters. The summed E-state index contributed by atoms with van der Waals surface area (Å²) in [5.41, 5.74) is -0.380. The van der Waals surface area contributed by atoms with Gasteiger partial charge in [-0.15, -0.1) is 0 Å². The molecule has 0 radical (unpaired) electrons. The number of hydrogen-bond donors (Lipinski definition) is 2. The van der Waals surface area contributed by atoms with Crippen LogP contribution in [0.1, 0.15) is 21.5 Å². The second-order valence-corrected chi connectivity index (χ2v) is 5.65. The summed E-state index contributed by atoms with van der Waals surface area (Å²) in [7, 11) is 0. The zero-order valence-corrected chi connectivity index (χ0v) is 14.0. The molecule has 0 saturated carbocycles. The Morgan fingerprint density at radius 2 is 1.71 bits per heavy atom. The van der Waals surface area contributed by atoms with Crippen molar-refractivity contribution in [2.24, 2.45) is 0 Å². The second-order valence-electron chi connectivity index (χ2n) is 5.65. The van der Waals surface area contributed by atoms with E-state index in [9.17, 15) is 18.0 Å². The van der Waals surface area contributed by atoms with Crippen molar-refractivity contribution in [3.63, 3.8) is 0 Å². The van der Waals surface area contributed by atoms with Gasteiger partial charge in [-0.2, -0.15) is 18.4 Å². The van der Waals surface area contributed by atoms with E-state index in [2.05, 4.69) is 15.3 Å². The molecule has 6 nitrogen and oxygen atoms in total. The summed E-state index contributed by atoms with van der Waals surface area (Å²) in [6.45, 7) is 0. The summed E-state index contributed by atoms with van der Waals surface area (Å²) < 4.78 is 40.0. The van der Waals surface area contributed by atoms with Crippen molar-refractivity contribution in [2.75, 3.05) is 5.32 Å². The van der Waals surface area contributed by atoms with Gasteiger partial charge in [-0.25, -0.2) is 14.8 Å². The molecule has 2 N–H and O–H groups in total. The maximum absolute atomic E-state index is 13.3. The molecule has 0 fully saturated rings. The van der Waals surface area contributed by atoms with Crippen molar-refractivity contribution in [1.29, 1.82) is 5.26 Å². The molecule has 1 heterocycles. The fourth-order valence-electron chi connectivity index (χ4n) is 2.40. The van der Waals surface area contributed by atoms with Crippen LogP contribution in [0, 0.1) is 11.3 Å². The minimum Gasteiger partial charge on any atom is -0.478 e. The number of hydrogen-bond acceptors (Lipinski definition) is 5. The van der Waals surface area contributed by atoms with Gasteiger partial charge < -0.3 is 10.4 Å². The standard InChI is InChI=1S/C19H11F3N4O2/c20-19(21,22)15-10-24-18(25-14-7-5-13(6-8-14)17(27)28)26-16(15)12-3-1-11(9-23)2-4-12/h1-8,10H,(H,27,28)(H,24,25,26). The van der Waals surface area contributed by atoms with Crippen LogP contribution >= 0.6 is 0 Å². The van der Waals surface area contributed by atoms with Gasteiger partial charge in [0, 0.05) is 17.4 Å². The number of benzene rings is 2. The Kier molecular flexibility index (Phi) is 4.96. The third-order valence-electron chi connectivity index (χ3n) is 3.77. The van der Waals surface area contributed by atoms with Crippen LogP contribution in [0.25, 0.3) is 11.3 Å². The number of nitriles is 1. The summed E-state index contributed by atoms with van der Waals surface area (Å²) in [6.07, 6.45) is -3.99. The van der Waals surface area contributed by atoms with E-state index >= 15 is 0 Å². The number of carbonyl (C=O) groups is 1. The van der Waals surface area contributed by atoms with Crippen LogP contribution in [-0.4, -0.2) is 21.0 Å². The Morgan fingerprint density at radius 1 is 1.07 bits per heavy atom. The van der Waals surface area contributed by atoms with Crippen LogP contribution in [0.15, 0.2) is 54.7 Å². The van der Waals surface area contributed by atoms with E-state index in [0.717, 1.165) is 0 Å². The molecule has 9 heteroatoms. The number of halogens is 3. The monoisotopic (exact) mass is 384 g/mol. The van der Waals surface area contributed by atoms with E-state index in [1.54, 1.807) is 0 Å². The third-order valence-corrected chi connectivity index (χ3v) is 3.77. The highest BCUT2D eigenvalue weighted by atomic mass is 19.4. The molecule has 28 heavy (non-hydrogen) atoms. The molecule has 0 saturated heterocycles. The first kappa shape index (κ1) is 18.8. The fraction of sp³-hybridized carbons (Fsp3) is 0.0526. The summed E-state index contributed by atoms with van der Waals surface area (Å²) in [4.78, 5) is 18.6. The fourth-order valence-corrected chi connectivity index (χ4v) is 2.40. The number of anilines is 2. The van der Waals surface area contributed by atoms with Crippen LogP contribution < -0.4 is 5.32 Å². The predicted octanol–water partition coefficient (Wildman–Crippen LogP) is 4.48. The van der Waals surface area contributed by atoms with Gasteiger partial charge in [-0.05, 0) is 36.4 Å². The van der Waals surface area contributed by atoms with Gasteiger partial charge in [-0.3, -0.25) is 0 Å². The molecule has 0 amide bonds. The number of aromatic nitrogens is 2. The smallest absolute Gasteiger partial charge is 0.419 e. The Balaban J connectivity index is 1.99. The highest BCUT2D eigenvalue weighted by molar-refractivity contribution is 5.88. The first-order valence-corrected chi connectivity index (χ1v) is 7.83. The third kappa shape index (κ3) is 4.07. The Hall–Kier alpha value is -3.93. The maximum atomic E-state index is 13.3. The Morgan fingerprint density at radius 3 is 2.25 bits per heavy atom. The lowest BCUT2D eigenvalue weighted by molar-refractivity contribution is -0.137. The highest BCUT2D eigenvalue weighted by Crippen LogP contribution is 2.36. The molecular formula is C19H11F3N4O2. The number of nitrogens with zero attached hydrogens (tertiary/aromatic N) is 3. The van der Waals surface area contributed by atoms with E-state index < -0.39 is 17.7 Å². The molecular weight excluding hydrogens is 373 g/mol. The molecule has 0 aliphatic heterocycles. The van der Waals surface area contributed by atoms with Gasteiger partial charge in [-0.1, -0.05) is 12.1 Å². The molecule has 0 unspecified atom stereocenters. The Bertz CT molecular complexity index is 1060. The number of rotatable bonds is 4. The number of carboxylic acid groups (broad SMARTS) is 1. The zero-order valence-electron chi connectivity index (χ0n) is 14.0. The summed E-state index contributed by atoms with van der Waals surface area (Å²) >= 11 is 0. The quantitative estimate of drug-likeness (QED) is 0.688. The number of alkyl halides is 3. The van der Waals surface area contributed by atoms with Crippen molar-refractivity contribution < 1.29 is 23.1 Å². The van der Waals surface area contributed by atoms with Gasteiger partial charge in [0.1, 0.15) is 5.56 Å². The average molecular weight is 384 g/mol. The number of carboxylic acids is 1. The number of aromatic carboxylic acids is 1. The van der Waals surface area contributed by atoms with E-state index in [-0.39, 0.29) is 22.8 Å². The van der Waals surface area contributed by atoms with E-state index in [1.165, 1.54) is 48.5 Å². The predicted molar refractivity (Wildman–Crippen MR) is 93.9 cm³/mol. The summed E-state index contributed by atoms with van der Waals surface area (Å²) in [6, 6.07) is 13.0. The first-order valence-electron chi connectivity index (χ1n) is 7.83. The SMILES string of the molecule is N#Cc1ccc(-c2nc(Nc3ccc(C(=O)O)cc3)ncc2C(F)(F)F)cc1. The van der Waals surface area contributed by atoms with E-state index in [4.69, 9.17) is 10.4 Å². The maximum Gasteiger partial charge on any atom is 0.419 e. The second kappa shape index (κ2) is 7.36. The Labute approximate surface area is 156 Å². The van der Waals surface area contributed by atoms with Gasteiger partial charge >= 0.3 is 12.1 Å². The van der Waals surface area contributed by atoms with Gasteiger partial charge in [0.05, 0.1) is 22.9 Å². The van der Waals surface area contributed by atoms with Crippen molar-refractivity contribution in [3.05, 3.63) is 71.4 Å². The highest BCUT2D eigenvalue weighted by Gasteiger charge is 2.35. The lowest BCUT2D eigenvalue weighted by Gasteiger charge is -2.14. The van der Waals surface area contributed by atoms with Crippen molar-refractivity contribution in [1.82, 2.24) is 9.97 Å². The summed E-state index contributed by atoms with van der Waals surface area (Å²) in [5.74, 6) is -1.18. The molecule has 2 aromatic carbocycles. The van der Waals surface area contributed by atoms with E-state index in [0.29, 0.717) is 17.4 Å². The van der Waals surface area contributed by atoms with Crippen molar-refractivity contribution in [2.45, 2.75) is 6.18 Å². The van der Waals surface area contributed by atoms with Gasteiger partial charge in [0.15, 0.2) is 0 Å². The molecule has 1 aromatic heterocycles. The van der Waals surface area contributed by atoms with Gasteiger partial charge in [0.2, 0.25) is 5.95 Å². The van der Waals surface area contributed by atoms with Crippen LogP contribution in [-0.2, 0) is 6.18 Å². The summed E-state index contributed by atoms with van der Waals surface area (Å²) in [5, 5.41) is 20.5. The molecule has 3 rings (SSSR count). The minimum absolute atomic E-state index is 0.0668. The first-order chi connectivity index (χ1) is 13.3. The number of nitrogens with one attached hydrogen (secondary N) is 1.